The van der Waals surface area contributed by atoms with Crippen molar-refractivity contribution in [3.8, 4) is 0 Å². The highest BCUT2D eigenvalue weighted by Crippen LogP contribution is 2.45. The molecule has 0 saturated heterocycles. The molecule has 4 heteroatoms. The summed E-state index contributed by atoms with van der Waals surface area (Å²) in [7, 11) is 1.79. The largest absolute Gasteiger partial charge is 0.362 e. The third-order valence-corrected chi connectivity index (χ3v) is 7.95. The zero-order valence-corrected chi connectivity index (χ0v) is 20.8. The van der Waals surface area contributed by atoms with E-state index in [1.54, 1.807) is 18.4 Å². The molecule has 0 amide bonds. The fraction of sp³-hybridized carbons (Fsp3) is 0.129. The van der Waals surface area contributed by atoms with E-state index in [-0.39, 0.29) is 0 Å². The molecule has 2 aliphatic rings. The van der Waals surface area contributed by atoms with Gasteiger partial charge in [-0.25, -0.2) is 4.99 Å². The number of nitrogens with one attached hydrogen (secondary N) is 1. The first kappa shape index (κ1) is 21.8. The number of rotatable bonds is 3. The van der Waals surface area contributed by atoms with Crippen LogP contribution < -0.4 is 0 Å². The molecule has 2 aromatic heterocycles. The van der Waals surface area contributed by atoms with Gasteiger partial charge in [-0.05, 0) is 73.5 Å². The number of fused-ring (bicyclic) bond motifs is 5. The van der Waals surface area contributed by atoms with Crippen molar-refractivity contribution in [3.63, 3.8) is 0 Å². The molecular formula is C31H26N2OS. The van der Waals surface area contributed by atoms with Crippen LogP contribution in [0.1, 0.15) is 43.4 Å². The summed E-state index contributed by atoms with van der Waals surface area (Å²) < 4.78 is 6.45. The molecule has 2 aliphatic heterocycles. The smallest absolute Gasteiger partial charge is 0.167 e. The number of hydrogen-bond acceptors (Lipinski definition) is 3. The lowest BCUT2D eigenvalue weighted by Gasteiger charge is -2.31. The van der Waals surface area contributed by atoms with E-state index in [9.17, 15) is 0 Å². The number of aromatic amines is 1. The molecule has 4 heterocycles. The van der Waals surface area contributed by atoms with Gasteiger partial charge in [0.1, 0.15) is 0 Å². The maximum atomic E-state index is 6.45. The predicted molar refractivity (Wildman–Crippen MR) is 146 cm³/mol. The van der Waals surface area contributed by atoms with Crippen LogP contribution in [-0.4, -0.2) is 17.8 Å². The van der Waals surface area contributed by atoms with Crippen molar-refractivity contribution >= 4 is 28.7 Å². The zero-order chi connectivity index (χ0) is 24.0. The number of nitrogens with zero attached hydrogens (tertiary/aromatic N) is 1. The predicted octanol–water partition coefficient (Wildman–Crippen LogP) is 7.43. The van der Waals surface area contributed by atoms with Crippen LogP contribution >= 0.6 is 11.3 Å². The second-order valence-corrected chi connectivity index (χ2v) is 10.2. The standard InChI is InChI=1S/C31H26N2OS/c1-20-4-8-22(9-5-20)30-26-16-14-24(32-26)12-13-25-15-18-28(33-25)31(34-3,29-19-17-27(30)35-29)23-10-6-21(2)7-11-23/h4-19,33H,1-3H3/b13-12-,30-26-. The molecule has 35 heavy (non-hydrogen) atoms. The Labute approximate surface area is 209 Å². The fourth-order valence-electron chi connectivity index (χ4n) is 4.84. The van der Waals surface area contributed by atoms with E-state index in [2.05, 4.69) is 116 Å². The number of thiophene rings is 1. The quantitative estimate of drug-likeness (QED) is 0.329. The van der Waals surface area contributed by atoms with Crippen LogP contribution in [0.3, 0.4) is 0 Å². The van der Waals surface area contributed by atoms with Gasteiger partial charge in [0.2, 0.25) is 0 Å². The van der Waals surface area contributed by atoms with Crippen LogP contribution in [0, 0.1) is 13.8 Å². The summed E-state index contributed by atoms with van der Waals surface area (Å²) in [6, 6.07) is 26.0. The SMILES string of the molecule is COC1(c2ccc(C)cc2)c2ccc([nH]2)/C=C\C2=NC(=C(/c3ccc(C)cc3)c3ccc1s3)/C=C2. The zero-order valence-electron chi connectivity index (χ0n) is 20.0. The van der Waals surface area contributed by atoms with Crippen LogP contribution in [0.4, 0.5) is 0 Å². The molecule has 2 aromatic carbocycles. The minimum Gasteiger partial charge on any atom is -0.362 e. The monoisotopic (exact) mass is 474 g/mol. The highest BCUT2D eigenvalue weighted by Gasteiger charge is 2.39. The summed E-state index contributed by atoms with van der Waals surface area (Å²) in [4.78, 5) is 10.9. The molecule has 0 radical (unpaired) electrons. The van der Waals surface area contributed by atoms with E-state index < -0.39 is 5.60 Å². The first-order valence-electron chi connectivity index (χ1n) is 11.8. The van der Waals surface area contributed by atoms with E-state index in [4.69, 9.17) is 9.73 Å². The molecule has 0 aliphatic carbocycles. The van der Waals surface area contributed by atoms with Crippen LogP contribution in [0.15, 0.2) is 102 Å². The van der Waals surface area contributed by atoms with Crippen molar-refractivity contribution in [1.29, 1.82) is 0 Å². The maximum absolute atomic E-state index is 6.45. The molecule has 4 aromatic rings. The summed E-state index contributed by atoms with van der Waals surface area (Å²) in [6.45, 7) is 4.23. The van der Waals surface area contributed by atoms with E-state index in [1.807, 2.05) is 0 Å². The highest BCUT2D eigenvalue weighted by atomic mass is 32.1. The molecule has 3 nitrogen and oxygen atoms in total. The lowest BCUT2D eigenvalue weighted by atomic mass is 9.88. The maximum Gasteiger partial charge on any atom is 0.167 e. The number of methoxy groups -OCH3 is 1. The second-order valence-electron chi connectivity index (χ2n) is 9.07. The number of benzene rings is 2. The second kappa shape index (κ2) is 8.49. The number of hydrogen-bond donors (Lipinski definition) is 1. The Hall–Kier alpha value is -3.73. The molecule has 0 spiro atoms. The minimum absolute atomic E-state index is 0.751. The molecule has 1 unspecified atom stereocenters. The Bertz CT molecular complexity index is 1530. The van der Waals surface area contributed by atoms with Gasteiger partial charge >= 0.3 is 0 Å². The highest BCUT2D eigenvalue weighted by molar-refractivity contribution is 7.13. The Balaban J connectivity index is 1.64. The van der Waals surface area contributed by atoms with Crippen molar-refractivity contribution in [2.45, 2.75) is 19.4 Å². The minimum atomic E-state index is -0.751. The third kappa shape index (κ3) is 3.66. The Morgan fingerprint density at radius 2 is 1.49 bits per heavy atom. The molecule has 1 atom stereocenters. The Morgan fingerprint density at radius 3 is 2.23 bits per heavy atom. The van der Waals surface area contributed by atoms with Gasteiger partial charge in [0.05, 0.1) is 17.1 Å². The van der Waals surface area contributed by atoms with Gasteiger partial charge in [0.25, 0.3) is 0 Å². The number of aliphatic imine (C=N–C) groups is 1. The van der Waals surface area contributed by atoms with Gasteiger partial charge in [-0.3, -0.25) is 0 Å². The van der Waals surface area contributed by atoms with E-state index in [1.165, 1.54) is 11.1 Å². The average Bonchev–Trinajstić information content (AvgIpc) is 3.63. The molecule has 1 N–H and O–H groups in total. The van der Waals surface area contributed by atoms with Crippen LogP contribution in [0.25, 0.3) is 11.6 Å². The molecule has 0 saturated carbocycles. The molecule has 6 rings (SSSR count). The molecule has 0 fully saturated rings. The summed E-state index contributed by atoms with van der Waals surface area (Å²) in [5, 5.41) is 0. The first-order valence-corrected chi connectivity index (χ1v) is 12.6. The van der Waals surface area contributed by atoms with E-state index >= 15 is 0 Å². The first-order chi connectivity index (χ1) is 17.1. The van der Waals surface area contributed by atoms with Crippen molar-refractivity contribution in [2.24, 2.45) is 4.99 Å². The average molecular weight is 475 g/mol. The van der Waals surface area contributed by atoms with Crippen molar-refractivity contribution < 1.29 is 4.74 Å². The van der Waals surface area contributed by atoms with Gasteiger partial charge in [-0.15, -0.1) is 11.3 Å². The Kier molecular flexibility index (Phi) is 5.28. The van der Waals surface area contributed by atoms with Crippen LogP contribution in [-0.2, 0) is 10.3 Å². The number of ether oxygens (including phenoxy) is 1. The lowest BCUT2D eigenvalue weighted by molar-refractivity contribution is 0.0583. The van der Waals surface area contributed by atoms with Gasteiger partial charge in [0, 0.05) is 28.1 Å². The van der Waals surface area contributed by atoms with E-state index in [0.717, 1.165) is 49.3 Å². The van der Waals surface area contributed by atoms with E-state index in [0.29, 0.717) is 0 Å². The summed E-state index contributed by atoms with van der Waals surface area (Å²) >= 11 is 1.76. The summed E-state index contributed by atoms with van der Waals surface area (Å²) in [5.41, 5.74) is 9.03. The number of allylic oxidation sites excluding steroid dienone is 3. The number of aryl methyl sites for hydroxylation is 2. The van der Waals surface area contributed by atoms with Crippen LogP contribution in [0.5, 0.6) is 0 Å². The van der Waals surface area contributed by atoms with Gasteiger partial charge < -0.3 is 9.72 Å². The molecule has 172 valence electrons. The van der Waals surface area contributed by atoms with Gasteiger partial charge in [0.15, 0.2) is 5.60 Å². The lowest BCUT2D eigenvalue weighted by Crippen LogP contribution is -2.31. The number of H-pyrrole nitrogens is 1. The van der Waals surface area contributed by atoms with Crippen molar-refractivity contribution in [3.05, 3.63) is 140 Å². The molecular weight excluding hydrogens is 448 g/mol. The summed E-state index contributed by atoms with van der Waals surface area (Å²) in [5.74, 6) is 0. The number of aromatic nitrogens is 1. The summed E-state index contributed by atoms with van der Waals surface area (Å²) in [6.07, 6.45) is 8.33. The Morgan fingerprint density at radius 1 is 0.771 bits per heavy atom. The normalized spacial score (nSPS) is 21.7. The molecule has 6 bridgehead atoms. The fourth-order valence-corrected chi connectivity index (χ4v) is 6.13. The van der Waals surface area contributed by atoms with Crippen molar-refractivity contribution in [2.75, 3.05) is 7.11 Å². The topological polar surface area (TPSA) is 37.4 Å². The van der Waals surface area contributed by atoms with Crippen LogP contribution in [0.2, 0.25) is 0 Å². The van der Waals surface area contributed by atoms with Gasteiger partial charge in [-0.2, -0.15) is 0 Å². The van der Waals surface area contributed by atoms with Crippen molar-refractivity contribution in [1.82, 2.24) is 4.98 Å². The van der Waals surface area contributed by atoms with Gasteiger partial charge in [-0.1, -0.05) is 59.7 Å². The third-order valence-electron chi connectivity index (χ3n) is 6.74.